The minimum absolute atomic E-state index is 0.264. The van der Waals surface area contributed by atoms with Crippen LogP contribution >= 0.6 is 23.5 Å². The molecule has 0 bridgehead atoms. The maximum Gasteiger partial charge on any atom is 0.351 e. The molecule has 0 aromatic rings. The van der Waals surface area contributed by atoms with Gasteiger partial charge in [0.2, 0.25) is 0 Å². The summed E-state index contributed by atoms with van der Waals surface area (Å²) in [4.78, 5) is 11.0. The van der Waals surface area contributed by atoms with E-state index in [9.17, 15) is 13.2 Å². The van der Waals surface area contributed by atoms with Crippen LogP contribution in [0.5, 0.6) is 0 Å². The average molecular weight is 252 g/mol. The molecule has 78 valence electrons. The van der Waals surface area contributed by atoms with E-state index in [1.165, 1.54) is 23.5 Å². The summed E-state index contributed by atoms with van der Waals surface area (Å²) in [6.45, 7) is 0. The van der Waals surface area contributed by atoms with Crippen LogP contribution in [0.15, 0.2) is 20.0 Å². The Labute approximate surface area is 90.7 Å². The Kier molecular flexibility index (Phi) is 3.68. The molecule has 14 heavy (non-hydrogen) atoms. The van der Waals surface area contributed by atoms with Crippen LogP contribution < -0.4 is 0 Å². The Bertz CT molecular complexity index is 395. The summed E-state index contributed by atoms with van der Waals surface area (Å²) in [5, 5.41) is 3.43. The van der Waals surface area contributed by atoms with Crippen molar-refractivity contribution in [1.29, 1.82) is 0 Å². The van der Waals surface area contributed by atoms with Crippen LogP contribution in [0.2, 0.25) is 0 Å². The van der Waals surface area contributed by atoms with E-state index < -0.39 is 15.8 Å². The van der Waals surface area contributed by atoms with Gasteiger partial charge < -0.3 is 4.74 Å². The van der Waals surface area contributed by atoms with E-state index in [1.807, 2.05) is 0 Å². The standard InChI is InChI=1S/C7H8O4S3/c1-11-6(8)5(14(2,9)10)7-12-3-4-13-7/h3-4H,1-2H3. The number of methoxy groups -OCH3 is 1. The van der Waals surface area contributed by atoms with Crippen LogP contribution in [0, 0.1) is 0 Å². The van der Waals surface area contributed by atoms with Crippen molar-refractivity contribution in [2.24, 2.45) is 0 Å². The molecule has 0 aromatic carbocycles. The molecule has 0 fully saturated rings. The fourth-order valence-corrected chi connectivity index (χ4v) is 4.31. The number of hydrogen-bond acceptors (Lipinski definition) is 6. The van der Waals surface area contributed by atoms with E-state index in [-0.39, 0.29) is 4.91 Å². The number of carbonyl (C=O) groups is 1. The van der Waals surface area contributed by atoms with Gasteiger partial charge in [-0.1, -0.05) is 23.5 Å². The maximum absolute atomic E-state index is 11.3. The lowest BCUT2D eigenvalue weighted by Crippen LogP contribution is -2.14. The SMILES string of the molecule is COC(=O)C(=C1SC=CS1)S(C)(=O)=O. The van der Waals surface area contributed by atoms with Gasteiger partial charge in [0.15, 0.2) is 14.7 Å². The van der Waals surface area contributed by atoms with Gasteiger partial charge in [-0.2, -0.15) is 0 Å². The zero-order valence-electron chi connectivity index (χ0n) is 7.51. The Morgan fingerprint density at radius 3 is 2.21 bits per heavy atom. The lowest BCUT2D eigenvalue weighted by atomic mass is 10.6. The first-order valence-corrected chi connectivity index (χ1v) is 7.13. The van der Waals surface area contributed by atoms with Crippen LogP contribution in [0.3, 0.4) is 0 Å². The molecule has 1 aliphatic rings. The molecular formula is C7H8O4S3. The quantitative estimate of drug-likeness (QED) is 0.546. The highest BCUT2D eigenvalue weighted by atomic mass is 32.2. The molecule has 0 aliphatic carbocycles. The Morgan fingerprint density at radius 2 is 1.86 bits per heavy atom. The Balaban J connectivity index is 3.19. The van der Waals surface area contributed by atoms with E-state index in [4.69, 9.17) is 0 Å². The number of sulfone groups is 1. The first-order valence-electron chi connectivity index (χ1n) is 3.48. The molecule has 0 unspecified atom stereocenters. The van der Waals surface area contributed by atoms with Gasteiger partial charge in [0.25, 0.3) is 0 Å². The number of ether oxygens (including phenoxy) is 1. The fraction of sp³-hybridized carbons (Fsp3) is 0.286. The first kappa shape index (κ1) is 11.7. The van der Waals surface area contributed by atoms with Gasteiger partial charge in [0.05, 0.1) is 11.3 Å². The van der Waals surface area contributed by atoms with Gasteiger partial charge in [-0.3, -0.25) is 0 Å². The summed E-state index contributed by atoms with van der Waals surface area (Å²) < 4.78 is 27.5. The van der Waals surface area contributed by atoms with Gasteiger partial charge in [-0.05, 0) is 10.8 Å². The zero-order chi connectivity index (χ0) is 10.8. The highest BCUT2D eigenvalue weighted by Gasteiger charge is 2.27. The van der Waals surface area contributed by atoms with E-state index >= 15 is 0 Å². The van der Waals surface area contributed by atoms with Gasteiger partial charge in [-0.25, -0.2) is 13.2 Å². The van der Waals surface area contributed by atoms with E-state index in [0.29, 0.717) is 4.24 Å². The van der Waals surface area contributed by atoms with Crippen LogP contribution in [-0.4, -0.2) is 27.8 Å². The molecule has 7 heteroatoms. The molecule has 4 nitrogen and oxygen atoms in total. The normalized spacial score (nSPS) is 15.7. The molecule has 0 radical (unpaired) electrons. The number of hydrogen-bond donors (Lipinski definition) is 0. The minimum Gasteiger partial charge on any atom is -0.465 e. The lowest BCUT2D eigenvalue weighted by Gasteiger charge is -2.05. The van der Waals surface area contributed by atoms with Crippen molar-refractivity contribution in [1.82, 2.24) is 0 Å². The van der Waals surface area contributed by atoms with Gasteiger partial charge >= 0.3 is 5.97 Å². The van der Waals surface area contributed by atoms with Crippen molar-refractivity contribution in [3.63, 3.8) is 0 Å². The number of esters is 1. The molecule has 0 saturated carbocycles. The lowest BCUT2D eigenvalue weighted by molar-refractivity contribution is -0.135. The summed E-state index contributed by atoms with van der Waals surface area (Å²) in [6.07, 6.45) is 0.992. The largest absolute Gasteiger partial charge is 0.465 e. The fourth-order valence-electron chi connectivity index (χ4n) is 0.793. The summed E-state index contributed by atoms with van der Waals surface area (Å²) in [5.74, 6) is -0.814. The highest BCUT2D eigenvalue weighted by Crippen LogP contribution is 2.41. The molecule has 0 N–H and O–H groups in total. The number of carbonyl (C=O) groups excluding carboxylic acids is 1. The van der Waals surface area contributed by atoms with Gasteiger partial charge in [-0.15, -0.1) is 0 Å². The van der Waals surface area contributed by atoms with Gasteiger partial charge in [0, 0.05) is 6.26 Å². The van der Waals surface area contributed by atoms with Crippen molar-refractivity contribution >= 4 is 39.3 Å². The van der Waals surface area contributed by atoms with Gasteiger partial charge in [0.1, 0.15) is 0 Å². The molecular weight excluding hydrogens is 244 g/mol. The van der Waals surface area contributed by atoms with Crippen LogP contribution in [0.4, 0.5) is 0 Å². The topological polar surface area (TPSA) is 60.4 Å². The van der Waals surface area contributed by atoms with Crippen molar-refractivity contribution in [2.75, 3.05) is 13.4 Å². The van der Waals surface area contributed by atoms with E-state index in [1.54, 1.807) is 10.8 Å². The van der Waals surface area contributed by atoms with Crippen molar-refractivity contribution in [3.05, 3.63) is 20.0 Å². The first-order chi connectivity index (χ1) is 6.46. The third-order valence-electron chi connectivity index (χ3n) is 1.33. The molecule has 0 saturated heterocycles. The zero-order valence-corrected chi connectivity index (χ0v) is 9.96. The average Bonchev–Trinajstić information content (AvgIpc) is 2.54. The smallest absolute Gasteiger partial charge is 0.351 e. The summed E-state index contributed by atoms with van der Waals surface area (Å²) in [5.41, 5.74) is 0. The number of thioether (sulfide) groups is 2. The predicted octanol–water partition coefficient (Wildman–Crippen LogP) is 1.32. The molecule has 1 heterocycles. The van der Waals surface area contributed by atoms with Crippen LogP contribution in [0.1, 0.15) is 0 Å². The molecule has 0 aromatic heterocycles. The summed E-state index contributed by atoms with van der Waals surface area (Å²) >= 11 is 2.41. The van der Waals surface area contributed by atoms with Crippen molar-refractivity contribution in [3.8, 4) is 0 Å². The second kappa shape index (κ2) is 4.41. The molecule has 0 spiro atoms. The third-order valence-corrected chi connectivity index (χ3v) is 4.83. The Hall–Kier alpha value is -0.400. The second-order valence-corrected chi connectivity index (χ2v) is 6.43. The van der Waals surface area contributed by atoms with Crippen molar-refractivity contribution < 1.29 is 17.9 Å². The highest BCUT2D eigenvalue weighted by molar-refractivity contribution is 8.28. The predicted molar refractivity (Wildman–Crippen MR) is 58.2 cm³/mol. The van der Waals surface area contributed by atoms with Crippen molar-refractivity contribution in [2.45, 2.75) is 0 Å². The summed E-state index contributed by atoms with van der Waals surface area (Å²) in [7, 11) is -2.38. The monoisotopic (exact) mass is 252 g/mol. The number of rotatable bonds is 2. The second-order valence-electron chi connectivity index (χ2n) is 2.39. The molecule has 0 atom stereocenters. The molecule has 1 aliphatic heterocycles. The van der Waals surface area contributed by atoms with Crippen LogP contribution in [0.25, 0.3) is 0 Å². The Morgan fingerprint density at radius 1 is 1.36 bits per heavy atom. The summed E-state index contributed by atoms with van der Waals surface area (Å²) in [6, 6.07) is 0. The molecule has 1 rings (SSSR count). The third kappa shape index (κ3) is 2.55. The van der Waals surface area contributed by atoms with E-state index in [0.717, 1.165) is 13.4 Å². The van der Waals surface area contributed by atoms with Crippen LogP contribution in [-0.2, 0) is 19.4 Å². The van der Waals surface area contributed by atoms with E-state index in [2.05, 4.69) is 4.74 Å². The molecule has 0 amide bonds. The minimum atomic E-state index is -3.54. The maximum atomic E-state index is 11.3.